The van der Waals surface area contributed by atoms with Gasteiger partial charge in [0.2, 0.25) is 0 Å². The number of ether oxygens (including phenoxy) is 1. The molecule has 0 radical (unpaired) electrons. The molecular weight excluding hydrogens is 299 g/mol. The summed E-state index contributed by atoms with van der Waals surface area (Å²) in [5.41, 5.74) is 1.14. The molecule has 0 fully saturated rings. The Morgan fingerprint density at radius 3 is 2.95 bits per heavy atom. The quantitative estimate of drug-likeness (QED) is 0.751. The van der Waals surface area contributed by atoms with Crippen molar-refractivity contribution < 1.29 is 9.13 Å². The van der Waals surface area contributed by atoms with E-state index in [1.807, 2.05) is 18.2 Å². The molecule has 0 atom stereocenters. The molecule has 6 heteroatoms. The van der Waals surface area contributed by atoms with Gasteiger partial charge in [-0.25, -0.2) is 9.37 Å². The number of halogens is 2. The van der Waals surface area contributed by atoms with Crippen LogP contribution in [0.15, 0.2) is 36.4 Å². The molecule has 0 bridgehead atoms. The number of fused-ring (bicyclic) bond motifs is 1. The Labute approximate surface area is 124 Å². The summed E-state index contributed by atoms with van der Waals surface area (Å²) in [6.45, 7) is 0. The van der Waals surface area contributed by atoms with E-state index in [0.717, 1.165) is 16.0 Å². The van der Waals surface area contributed by atoms with Crippen LogP contribution in [-0.2, 0) is 0 Å². The second-order valence-electron chi connectivity index (χ2n) is 4.08. The molecule has 0 saturated heterocycles. The monoisotopic (exact) mass is 308 g/mol. The van der Waals surface area contributed by atoms with Crippen LogP contribution in [0.2, 0.25) is 5.02 Å². The summed E-state index contributed by atoms with van der Waals surface area (Å²) in [6, 6.07) is 10.4. The van der Waals surface area contributed by atoms with E-state index in [-0.39, 0.29) is 5.02 Å². The Hall–Kier alpha value is -1.85. The average molecular weight is 309 g/mol. The van der Waals surface area contributed by atoms with Gasteiger partial charge >= 0.3 is 0 Å². The smallest absolute Gasteiger partial charge is 0.188 e. The molecule has 102 valence electrons. The molecule has 0 aliphatic heterocycles. The molecule has 0 spiro atoms. The second kappa shape index (κ2) is 5.26. The van der Waals surface area contributed by atoms with E-state index >= 15 is 0 Å². The molecule has 0 unspecified atom stereocenters. The first-order valence-electron chi connectivity index (χ1n) is 5.83. The van der Waals surface area contributed by atoms with Gasteiger partial charge < -0.3 is 10.1 Å². The fraction of sp³-hybridized carbons (Fsp3) is 0.0714. The van der Waals surface area contributed by atoms with Crippen molar-refractivity contribution in [1.82, 2.24) is 4.98 Å². The molecule has 3 aromatic rings. The van der Waals surface area contributed by atoms with E-state index in [9.17, 15) is 4.39 Å². The van der Waals surface area contributed by atoms with Crippen molar-refractivity contribution in [2.75, 3.05) is 12.4 Å². The summed E-state index contributed by atoms with van der Waals surface area (Å²) in [5, 5.41) is 3.63. The van der Waals surface area contributed by atoms with Crippen molar-refractivity contribution >= 4 is 44.0 Å². The number of nitrogens with one attached hydrogen (secondary N) is 1. The third kappa shape index (κ3) is 2.42. The predicted octanol–water partition coefficient (Wildman–Crippen LogP) is 4.84. The molecule has 1 N–H and O–H groups in total. The fourth-order valence-electron chi connectivity index (χ4n) is 1.80. The van der Waals surface area contributed by atoms with Gasteiger partial charge in [0.25, 0.3) is 0 Å². The number of hydrogen-bond donors (Lipinski definition) is 1. The molecule has 2 aromatic carbocycles. The Kier molecular flexibility index (Phi) is 3.46. The van der Waals surface area contributed by atoms with Crippen LogP contribution >= 0.6 is 22.9 Å². The summed E-state index contributed by atoms with van der Waals surface area (Å²) >= 11 is 7.17. The highest BCUT2D eigenvalue weighted by Crippen LogP contribution is 2.32. The maximum Gasteiger partial charge on any atom is 0.188 e. The van der Waals surface area contributed by atoms with Gasteiger partial charge in [-0.2, -0.15) is 0 Å². The number of methoxy groups -OCH3 is 1. The highest BCUT2D eigenvalue weighted by Gasteiger charge is 2.09. The normalized spacial score (nSPS) is 10.8. The van der Waals surface area contributed by atoms with E-state index in [2.05, 4.69) is 10.3 Å². The van der Waals surface area contributed by atoms with Crippen molar-refractivity contribution in [3.05, 3.63) is 47.2 Å². The molecule has 0 saturated carbocycles. The Morgan fingerprint density at radius 1 is 1.30 bits per heavy atom. The second-order valence-corrected chi connectivity index (χ2v) is 5.52. The zero-order valence-corrected chi connectivity index (χ0v) is 12.1. The first-order valence-corrected chi connectivity index (χ1v) is 7.02. The van der Waals surface area contributed by atoms with Crippen LogP contribution in [-0.4, -0.2) is 12.1 Å². The summed E-state index contributed by atoms with van der Waals surface area (Å²) in [5.74, 6) is 0.285. The lowest BCUT2D eigenvalue weighted by Crippen LogP contribution is -1.93. The van der Waals surface area contributed by atoms with Gasteiger partial charge in [-0.1, -0.05) is 29.0 Å². The van der Waals surface area contributed by atoms with E-state index in [1.165, 1.54) is 17.4 Å². The van der Waals surface area contributed by atoms with Gasteiger partial charge in [-0.3, -0.25) is 0 Å². The van der Waals surface area contributed by atoms with Crippen LogP contribution in [0.5, 0.6) is 5.75 Å². The molecule has 0 amide bonds. The maximum atomic E-state index is 13.8. The summed E-state index contributed by atoms with van der Waals surface area (Å²) in [4.78, 5) is 4.40. The standard InChI is InChI=1S/C14H10ClFN2OS/c1-19-8-5-6-10-12(7-8)20-14(17-10)18-11-4-2-3-9(15)13(11)16/h2-7H,1H3,(H,17,18). The molecular formula is C14H10ClFN2OS. The zero-order valence-electron chi connectivity index (χ0n) is 10.5. The van der Waals surface area contributed by atoms with Crippen molar-refractivity contribution in [3.8, 4) is 5.75 Å². The van der Waals surface area contributed by atoms with Crippen molar-refractivity contribution in [2.24, 2.45) is 0 Å². The Balaban J connectivity index is 1.96. The van der Waals surface area contributed by atoms with E-state index in [1.54, 1.807) is 19.2 Å². The first kappa shape index (κ1) is 13.1. The third-order valence-electron chi connectivity index (χ3n) is 2.79. The van der Waals surface area contributed by atoms with Crippen molar-refractivity contribution in [1.29, 1.82) is 0 Å². The number of rotatable bonds is 3. The molecule has 1 heterocycles. The third-order valence-corrected chi connectivity index (χ3v) is 4.01. The number of aromatic nitrogens is 1. The molecule has 3 nitrogen and oxygen atoms in total. The number of hydrogen-bond acceptors (Lipinski definition) is 4. The van der Waals surface area contributed by atoms with Gasteiger partial charge in [-0.15, -0.1) is 0 Å². The number of benzene rings is 2. The average Bonchev–Trinajstić information content (AvgIpc) is 2.85. The lowest BCUT2D eigenvalue weighted by atomic mass is 10.3. The first-order chi connectivity index (χ1) is 9.67. The predicted molar refractivity (Wildman–Crippen MR) is 80.9 cm³/mol. The molecule has 3 rings (SSSR count). The van der Waals surface area contributed by atoms with Gasteiger partial charge in [0, 0.05) is 0 Å². The van der Waals surface area contributed by atoms with E-state index < -0.39 is 5.82 Å². The molecule has 0 aliphatic carbocycles. The largest absolute Gasteiger partial charge is 0.497 e. The van der Waals surface area contributed by atoms with E-state index in [4.69, 9.17) is 16.3 Å². The van der Waals surface area contributed by atoms with Crippen LogP contribution in [0.3, 0.4) is 0 Å². The lowest BCUT2D eigenvalue weighted by molar-refractivity contribution is 0.415. The number of nitrogens with zero attached hydrogens (tertiary/aromatic N) is 1. The van der Waals surface area contributed by atoms with Gasteiger partial charge in [-0.05, 0) is 30.3 Å². The van der Waals surface area contributed by atoms with Gasteiger partial charge in [0.1, 0.15) is 5.75 Å². The van der Waals surface area contributed by atoms with Crippen LogP contribution in [0.25, 0.3) is 10.2 Å². The van der Waals surface area contributed by atoms with Crippen molar-refractivity contribution in [3.63, 3.8) is 0 Å². The minimum Gasteiger partial charge on any atom is -0.497 e. The topological polar surface area (TPSA) is 34.1 Å². The number of anilines is 2. The van der Waals surface area contributed by atoms with Crippen LogP contribution in [0.1, 0.15) is 0 Å². The highest BCUT2D eigenvalue weighted by molar-refractivity contribution is 7.22. The number of thiazole rings is 1. The lowest BCUT2D eigenvalue weighted by Gasteiger charge is -2.04. The van der Waals surface area contributed by atoms with Crippen LogP contribution in [0, 0.1) is 5.82 Å². The highest BCUT2D eigenvalue weighted by atomic mass is 35.5. The fourth-order valence-corrected chi connectivity index (χ4v) is 2.88. The minimum absolute atomic E-state index is 0.0813. The molecule has 1 aromatic heterocycles. The van der Waals surface area contributed by atoms with E-state index in [0.29, 0.717) is 10.8 Å². The van der Waals surface area contributed by atoms with Gasteiger partial charge in [0.05, 0.1) is 28.0 Å². The molecule has 20 heavy (non-hydrogen) atoms. The zero-order chi connectivity index (χ0) is 14.1. The summed E-state index contributed by atoms with van der Waals surface area (Å²) < 4.78 is 20.0. The Bertz CT molecular complexity index is 775. The summed E-state index contributed by atoms with van der Waals surface area (Å²) in [7, 11) is 1.61. The minimum atomic E-state index is -0.481. The van der Waals surface area contributed by atoms with Crippen LogP contribution in [0.4, 0.5) is 15.2 Å². The summed E-state index contributed by atoms with van der Waals surface area (Å²) in [6.07, 6.45) is 0. The Morgan fingerprint density at radius 2 is 2.15 bits per heavy atom. The van der Waals surface area contributed by atoms with Crippen LogP contribution < -0.4 is 10.1 Å². The SMILES string of the molecule is COc1ccc2nc(Nc3cccc(Cl)c3F)sc2c1. The van der Waals surface area contributed by atoms with Gasteiger partial charge in [0.15, 0.2) is 10.9 Å². The molecule has 0 aliphatic rings. The maximum absolute atomic E-state index is 13.8. The van der Waals surface area contributed by atoms with Crippen molar-refractivity contribution in [2.45, 2.75) is 0 Å².